The highest BCUT2D eigenvalue weighted by Gasteiger charge is 2.19. The second kappa shape index (κ2) is 7.63. The molecule has 1 fully saturated rings. The molecule has 17 heavy (non-hydrogen) atoms. The van der Waals surface area contributed by atoms with Crippen molar-refractivity contribution in [3.8, 4) is 0 Å². The number of rotatable bonds is 6. The van der Waals surface area contributed by atoms with E-state index in [-0.39, 0.29) is 12.0 Å². The van der Waals surface area contributed by atoms with Crippen LogP contribution < -0.4 is 0 Å². The number of hydrogen-bond donors (Lipinski definition) is 0. The number of amides is 1. The first-order valence-electron chi connectivity index (χ1n) is 6.25. The Balaban J connectivity index is 2.38. The summed E-state index contributed by atoms with van der Waals surface area (Å²) in [7, 11) is 1.71. The fourth-order valence-electron chi connectivity index (χ4n) is 2.00. The van der Waals surface area contributed by atoms with Crippen molar-refractivity contribution in [2.24, 2.45) is 0 Å². The van der Waals surface area contributed by atoms with Gasteiger partial charge in [-0.25, -0.2) is 0 Å². The molecule has 0 bridgehead atoms. The number of methoxy groups -OCH3 is 1. The van der Waals surface area contributed by atoms with E-state index in [4.69, 9.17) is 9.47 Å². The van der Waals surface area contributed by atoms with Crippen molar-refractivity contribution in [3.63, 3.8) is 0 Å². The van der Waals surface area contributed by atoms with Crippen molar-refractivity contribution in [3.05, 3.63) is 0 Å². The van der Waals surface area contributed by atoms with Gasteiger partial charge in [-0.15, -0.1) is 0 Å². The molecule has 5 nitrogen and oxygen atoms in total. The zero-order valence-electron chi connectivity index (χ0n) is 11.1. The van der Waals surface area contributed by atoms with E-state index in [1.807, 2.05) is 11.8 Å². The molecule has 1 rings (SSSR count). The number of nitrogens with zero attached hydrogens (tertiary/aromatic N) is 2. The summed E-state index contributed by atoms with van der Waals surface area (Å²) in [5.41, 5.74) is 0. The van der Waals surface area contributed by atoms with Crippen LogP contribution in [0.1, 0.15) is 13.8 Å². The van der Waals surface area contributed by atoms with Crippen LogP contribution in [0, 0.1) is 0 Å². The van der Waals surface area contributed by atoms with Gasteiger partial charge in [-0.3, -0.25) is 9.69 Å². The summed E-state index contributed by atoms with van der Waals surface area (Å²) in [4.78, 5) is 15.5. The van der Waals surface area contributed by atoms with Crippen molar-refractivity contribution in [1.29, 1.82) is 0 Å². The first-order valence-corrected chi connectivity index (χ1v) is 6.25. The first kappa shape index (κ1) is 14.4. The highest BCUT2D eigenvalue weighted by molar-refractivity contribution is 5.73. The number of ether oxygens (including phenoxy) is 2. The van der Waals surface area contributed by atoms with E-state index < -0.39 is 0 Å². The lowest BCUT2D eigenvalue weighted by atomic mass is 10.2. The molecule has 5 heteroatoms. The molecule has 1 saturated heterocycles. The third-order valence-corrected chi connectivity index (χ3v) is 3.15. The molecule has 1 atom stereocenters. The van der Waals surface area contributed by atoms with Crippen molar-refractivity contribution in [1.82, 2.24) is 9.80 Å². The molecule has 100 valence electrons. The Morgan fingerprint density at radius 1 is 1.47 bits per heavy atom. The van der Waals surface area contributed by atoms with Gasteiger partial charge in [-0.1, -0.05) is 0 Å². The fourth-order valence-corrected chi connectivity index (χ4v) is 2.00. The molecule has 0 radical (unpaired) electrons. The first-order chi connectivity index (χ1) is 8.17. The molecule has 1 aliphatic rings. The highest BCUT2D eigenvalue weighted by Crippen LogP contribution is 2.03. The van der Waals surface area contributed by atoms with Crippen LogP contribution in [0.15, 0.2) is 0 Å². The largest absolute Gasteiger partial charge is 0.379 e. The van der Waals surface area contributed by atoms with Crippen molar-refractivity contribution < 1.29 is 14.3 Å². The third kappa shape index (κ3) is 5.02. The summed E-state index contributed by atoms with van der Waals surface area (Å²) in [6, 6.07) is 0. The predicted molar refractivity (Wildman–Crippen MR) is 66.0 cm³/mol. The molecule has 0 aromatic carbocycles. The van der Waals surface area contributed by atoms with E-state index in [0.717, 1.165) is 39.4 Å². The zero-order chi connectivity index (χ0) is 12.7. The van der Waals surface area contributed by atoms with Crippen molar-refractivity contribution in [2.75, 3.05) is 53.0 Å². The Kier molecular flexibility index (Phi) is 6.47. The molecule has 1 aliphatic heterocycles. The van der Waals surface area contributed by atoms with Gasteiger partial charge in [0.25, 0.3) is 0 Å². The van der Waals surface area contributed by atoms with Gasteiger partial charge in [0.15, 0.2) is 0 Å². The number of morpholine rings is 1. The average molecular weight is 244 g/mol. The van der Waals surface area contributed by atoms with Gasteiger partial charge in [0.05, 0.1) is 19.3 Å². The molecule has 1 amide bonds. The molecule has 1 heterocycles. The van der Waals surface area contributed by atoms with Crippen LogP contribution in [0.4, 0.5) is 0 Å². The summed E-state index contributed by atoms with van der Waals surface area (Å²) in [5, 5.41) is 0. The fraction of sp³-hybridized carbons (Fsp3) is 0.917. The predicted octanol–water partition coefficient (Wildman–Crippen LogP) is 0.202. The van der Waals surface area contributed by atoms with Crippen LogP contribution in [0.3, 0.4) is 0 Å². The van der Waals surface area contributed by atoms with Crippen LogP contribution >= 0.6 is 0 Å². The van der Waals surface area contributed by atoms with Crippen LogP contribution in [-0.2, 0) is 14.3 Å². The van der Waals surface area contributed by atoms with Gasteiger partial charge in [-0.05, 0) is 6.92 Å². The quantitative estimate of drug-likeness (QED) is 0.669. The van der Waals surface area contributed by atoms with Gasteiger partial charge in [0.2, 0.25) is 5.91 Å². The Morgan fingerprint density at radius 3 is 2.59 bits per heavy atom. The van der Waals surface area contributed by atoms with E-state index >= 15 is 0 Å². The lowest BCUT2D eigenvalue weighted by molar-refractivity contribution is -0.130. The normalized spacial score (nSPS) is 19.0. The zero-order valence-corrected chi connectivity index (χ0v) is 11.1. The summed E-state index contributed by atoms with van der Waals surface area (Å²) in [6.07, 6.45) is 0.0805. The third-order valence-electron chi connectivity index (χ3n) is 3.15. The Labute approximate surface area is 104 Å². The summed E-state index contributed by atoms with van der Waals surface area (Å²) in [6.45, 7) is 9.34. The van der Waals surface area contributed by atoms with Gasteiger partial charge in [0.1, 0.15) is 0 Å². The van der Waals surface area contributed by atoms with Gasteiger partial charge < -0.3 is 14.4 Å². The minimum absolute atomic E-state index is 0.0805. The maximum Gasteiger partial charge on any atom is 0.219 e. The lowest BCUT2D eigenvalue weighted by Crippen LogP contribution is -2.46. The van der Waals surface area contributed by atoms with Crippen LogP contribution in [0.25, 0.3) is 0 Å². The van der Waals surface area contributed by atoms with Gasteiger partial charge in [0, 0.05) is 46.8 Å². The van der Waals surface area contributed by atoms with Crippen LogP contribution in [0.5, 0.6) is 0 Å². The Bertz CT molecular complexity index is 230. The number of carbonyl (C=O) groups excluding carboxylic acids is 1. The number of likely N-dealkylation sites (N-methyl/N-ethyl adjacent to an activating group) is 1. The Morgan fingerprint density at radius 2 is 2.12 bits per heavy atom. The molecule has 0 aromatic rings. The molecule has 0 N–H and O–H groups in total. The monoisotopic (exact) mass is 244 g/mol. The summed E-state index contributed by atoms with van der Waals surface area (Å²) in [5.74, 6) is 0.108. The van der Waals surface area contributed by atoms with Crippen molar-refractivity contribution in [2.45, 2.75) is 20.0 Å². The Hall–Kier alpha value is -0.650. The molecular weight excluding hydrogens is 220 g/mol. The standard InChI is InChI=1S/C12H24N2O3/c1-4-14(11(2)15)10-12(16-3)9-13-5-7-17-8-6-13/h12H,4-10H2,1-3H3. The molecule has 0 spiro atoms. The number of hydrogen-bond acceptors (Lipinski definition) is 4. The average Bonchev–Trinajstić information content (AvgIpc) is 2.35. The van der Waals surface area contributed by atoms with E-state index in [1.54, 1.807) is 14.0 Å². The van der Waals surface area contributed by atoms with E-state index in [9.17, 15) is 4.79 Å². The maximum absolute atomic E-state index is 11.4. The maximum atomic E-state index is 11.4. The van der Waals surface area contributed by atoms with Crippen molar-refractivity contribution >= 4 is 5.91 Å². The minimum Gasteiger partial charge on any atom is -0.379 e. The molecule has 0 saturated carbocycles. The SMILES string of the molecule is CCN(CC(CN1CCOCC1)OC)C(C)=O. The molecule has 1 unspecified atom stereocenters. The van der Waals surface area contributed by atoms with Gasteiger partial charge in [-0.2, -0.15) is 0 Å². The van der Waals surface area contributed by atoms with Gasteiger partial charge >= 0.3 is 0 Å². The number of carbonyl (C=O) groups is 1. The second-order valence-electron chi connectivity index (χ2n) is 4.33. The molecule has 0 aliphatic carbocycles. The molecule has 0 aromatic heterocycles. The van der Waals surface area contributed by atoms with Crippen LogP contribution in [0.2, 0.25) is 0 Å². The lowest BCUT2D eigenvalue weighted by Gasteiger charge is -2.32. The second-order valence-corrected chi connectivity index (χ2v) is 4.33. The topological polar surface area (TPSA) is 42.0 Å². The van der Waals surface area contributed by atoms with Crippen LogP contribution in [-0.4, -0.2) is 74.9 Å². The van der Waals surface area contributed by atoms with E-state index in [2.05, 4.69) is 4.90 Å². The summed E-state index contributed by atoms with van der Waals surface area (Å²) >= 11 is 0. The van der Waals surface area contributed by atoms with E-state index in [0.29, 0.717) is 6.54 Å². The smallest absolute Gasteiger partial charge is 0.219 e. The van der Waals surface area contributed by atoms with E-state index in [1.165, 1.54) is 0 Å². The minimum atomic E-state index is 0.0805. The highest BCUT2D eigenvalue weighted by atomic mass is 16.5. The molecular formula is C12H24N2O3. The summed E-state index contributed by atoms with van der Waals surface area (Å²) < 4.78 is 10.8.